The number of benzene rings is 1. The van der Waals surface area contributed by atoms with Gasteiger partial charge in [-0.3, -0.25) is 9.59 Å². The van der Waals surface area contributed by atoms with Crippen LogP contribution in [0.3, 0.4) is 0 Å². The van der Waals surface area contributed by atoms with Gasteiger partial charge in [-0.2, -0.15) is 9.78 Å². The van der Waals surface area contributed by atoms with Crippen molar-refractivity contribution in [3.05, 3.63) is 69.0 Å². The maximum absolute atomic E-state index is 13.4. The largest absolute Gasteiger partial charge is 0.378 e. The fourth-order valence-electron chi connectivity index (χ4n) is 4.79. The lowest BCUT2D eigenvalue weighted by Crippen LogP contribution is -2.52. The number of piperidine rings is 1. The van der Waals surface area contributed by atoms with Crippen molar-refractivity contribution in [2.24, 2.45) is 5.73 Å². The highest BCUT2D eigenvalue weighted by atomic mass is 32.2. The number of nitrogens with two attached hydrogens (primary N) is 1. The van der Waals surface area contributed by atoms with Gasteiger partial charge in [-0.1, -0.05) is 30.3 Å². The van der Waals surface area contributed by atoms with Gasteiger partial charge < -0.3 is 20.3 Å². The Morgan fingerprint density at radius 1 is 1.11 bits per heavy atom. The number of urea groups is 1. The van der Waals surface area contributed by atoms with Crippen LogP contribution in [0.25, 0.3) is 0 Å². The Hall–Kier alpha value is -2.99. The van der Waals surface area contributed by atoms with Gasteiger partial charge in [0.2, 0.25) is 0 Å². The Kier molecular flexibility index (Phi) is 8.27. The van der Waals surface area contributed by atoms with Crippen LogP contribution in [-0.2, 0) is 21.8 Å². The lowest BCUT2D eigenvalue weighted by molar-refractivity contribution is -0.123. The van der Waals surface area contributed by atoms with E-state index in [1.807, 2.05) is 42.6 Å². The zero-order valence-electron chi connectivity index (χ0n) is 21.3. The molecule has 1 unspecified atom stereocenters. The molecule has 4 heterocycles. The summed E-state index contributed by atoms with van der Waals surface area (Å²) in [7, 11) is 0. The molecule has 2 amide bonds. The number of carbonyl (C=O) groups is 3. The van der Waals surface area contributed by atoms with Crippen molar-refractivity contribution in [1.82, 2.24) is 19.6 Å². The molecular formula is C27H31N5O4S2. The molecule has 2 saturated heterocycles. The van der Waals surface area contributed by atoms with E-state index in [1.165, 1.54) is 27.8 Å². The Balaban J connectivity index is 1.37. The predicted molar refractivity (Wildman–Crippen MR) is 147 cm³/mol. The first-order valence-electron chi connectivity index (χ1n) is 12.7. The highest BCUT2D eigenvalue weighted by molar-refractivity contribution is 7.98. The quantitative estimate of drug-likeness (QED) is 0.465. The molecule has 2 N–H and O–H groups in total. The van der Waals surface area contributed by atoms with Gasteiger partial charge in [-0.15, -0.1) is 23.1 Å². The van der Waals surface area contributed by atoms with Crippen molar-refractivity contribution >= 4 is 40.8 Å². The van der Waals surface area contributed by atoms with E-state index in [1.54, 1.807) is 15.9 Å². The highest BCUT2D eigenvalue weighted by Gasteiger charge is 2.36. The lowest BCUT2D eigenvalue weighted by atomic mass is 9.90. The van der Waals surface area contributed by atoms with Crippen molar-refractivity contribution in [2.75, 3.05) is 39.4 Å². The number of hydrogen-bond donors (Lipinski definition) is 1. The van der Waals surface area contributed by atoms with Gasteiger partial charge in [0.25, 0.3) is 5.91 Å². The molecule has 0 spiro atoms. The topological polar surface area (TPSA) is 111 Å². The molecule has 0 aliphatic carbocycles. The van der Waals surface area contributed by atoms with E-state index in [0.717, 1.165) is 21.7 Å². The molecular weight excluding hydrogens is 522 g/mol. The zero-order chi connectivity index (χ0) is 26.6. The Bertz CT molecular complexity index is 1300. The molecule has 2 aliphatic heterocycles. The van der Waals surface area contributed by atoms with Crippen molar-refractivity contribution < 1.29 is 19.1 Å². The molecule has 1 aromatic carbocycles. The number of amides is 2. The third-order valence-electron chi connectivity index (χ3n) is 6.97. The van der Waals surface area contributed by atoms with Crippen LogP contribution in [0.1, 0.15) is 44.4 Å². The highest BCUT2D eigenvalue weighted by Crippen LogP contribution is 2.35. The third-order valence-corrected chi connectivity index (χ3v) is 9.06. The molecule has 2 aromatic heterocycles. The number of thioether (sulfide) groups is 1. The molecule has 3 aromatic rings. The van der Waals surface area contributed by atoms with Crippen molar-refractivity contribution in [1.29, 1.82) is 0 Å². The van der Waals surface area contributed by atoms with Crippen molar-refractivity contribution in [2.45, 2.75) is 36.6 Å². The van der Waals surface area contributed by atoms with Crippen LogP contribution in [0.2, 0.25) is 0 Å². The number of morpholine rings is 1. The fourth-order valence-corrected chi connectivity index (χ4v) is 6.50. The number of Topliss-reactive ketones (excluding diaryl/α,β-unsaturated/α-hetero) is 1. The standard InChI is InChI=1S/C27H31N5O4S2/c1-18-24(21-8-9-31(16-22(21)33)27(35)30-10-12-36-13-11-30)29-32(25(34)23-3-2-14-37-23)26(18)38-17-20-6-4-19(15-28)5-7-20/h2-7,14,21H,8-13,15-17,28H2,1H3. The second-order valence-electron chi connectivity index (χ2n) is 9.43. The number of rotatable bonds is 6. The molecule has 2 aliphatic rings. The van der Waals surface area contributed by atoms with Gasteiger partial charge in [0.05, 0.1) is 36.2 Å². The number of thiophene rings is 1. The number of carbonyl (C=O) groups excluding carboxylic acids is 3. The molecule has 38 heavy (non-hydrogen) atoms. The van der Waals surface area contributed by atoms with E-state index in [4.69, 9.17) is 15.6 Å². The summed E-state index contributed by atoms with van der Waals surface area (Å²) in [5.74, 6) is -0.0650. The molecule has 200 valence electrons. The first-order valence-corrected chi connectivity index (χ1v) is 14.6. The second kappa shape index (κ2) is 11.8. The molecule has 5 rings (SSSR count). The first kappa shape index (κ1) is 26.6. The molecule has 1 atom stereocenters. The molecule has 0 radical (unpaired) electrons. The Labute approximate surface area is 229 Å². The summed E-state index contributed by atoms with van der Waals surface area (Å²) < 4.78 is 6.79. The second-order valence-corrected chi connectivity index (χ2v) is 11.3. The Morgan fingerprint density at radius 2 is 1.84 bits per heavy atom. The van der Waals surface area contributed by atoms with Crippen LogP contribution in [0.4, 0.5) is 4.79 Å². The van der Waals surface area contributed by atoms with E-state index in [2.05, 4.69) is 0 Å². The summed E-state index contributed by atoms with van der Waals surface area (Å²) in [5, 5.41) is 7.32. The van der Waals surface area contributed by atoms with Crippen molar-refractivity contribution in [3.63, 3.8) is 0 Å². The summed E-state index contributed by atoms with van der Waals surface area (Å²) in [4.78, 5) is 43.6. The van der Waals surface area contributed by atoms with E-state index in [9.17, 15) is 14.4 Å². The van der Waals surface area contributed by atoms with Crippen LogP contribution in [0, 0.1) is 6.92 Å². The average molecular weight is 554 g/mol. The number of ketones is 1. The molecule has 2 fully saturated rings. The number of hydrogen-bond acceptors (Lipinski definition) is 8. The maximum atomic E-state index is 13.4. The summed E-state index contributed by atoms with van der Waals surface area (Å²) in [6.07, 6.45) is 0.477. The van der Waals surface area contributed by atoms with Crippen molar-refractivity contribution in [3.8, 4) is 0 Å². The molecule has 0 saturated carbocycles. The summed E-state index contributed by atoms with van der Waals surface area (Å²) in [5.41, 5.74) is 9.35. The predicted octanol–water partition coefficient (Wildman–Crippen LogP) is 3.50. The SMILES string of the molecule is Cc1c(C2CCN(C(=O)N3CCOCC3)CC2=O)nn(C(=O)c2cccs2)c1SCc1ccc(CN)cc1. The van der Waals surface area contributed by atoms with Gasteiger partial charge in [0.15, 0.2) is 5.78 Å². The monoisotopic (exact) mass is 553 g/mol. The number of likely N-dealkylation sites (tertiary alicyclic amines) is 1. The number of ether oxygens (including phenoxy) is 1. The van der Waals surface area contributed by atoms with Crippen LogP contribution < -0.4 is 5.73 Å². The van der Waals surface area contributed by atoms with Gasteiger partial charge in [-0.25, -0.2) is 4.79 Å². The van der Waals surface area contributed by atoms with Gasteiger partial charge in [0.1, 0.15) is 5.03 Å². The van der Waals surface area contributed by atoms with E-state index in [0.29, 0.717) is 62.1 Å². The van der Waals surface area contributed by atoms with Gasteiger partial charge >= 0.3 is 6.03 Å². The van der Waals surface area contributed by atoms with E-state index in [-0.39, 0.29) is 24.3 Å². The average Bonchev–Trinajstić information content (AvgIpc) is 3.60. The Morgan fingerprint density at radius 3 is 2.50 bits per heavy atom. The number of aromatic nitrogens is 2. The van der Waals surface area contributed by atoms with Crippen LogP contribution in [-0.4, -0.2) is 76.7 Å². The van der Waals surface area contributed by atoms with E-state index < -0.39 is 5.92 Å². The fraction of sp³-hybridized carbons (Fsp3) is 0.407. The molecule has 0 bridgehead atoms. The number of nitrogens with zero attached hydrogens (tertiary/aromatic N) is 4. The maximum Gasteiger partial charge on any atom is 0.320 e. The summed E-state index contributed by atoms with van der Waals surface area (Å²) in [6, 6.07) is 11.6. The third kappa shape index (κ3) is 5.56. The minimum atomic E-state index is -0.454. The van der Waals surface area contributed by atoms with Gasteiger partial charge in [-0.05, 0) is 35.9 Å². The minimum absolute atomic E-state index is 0.0436. The minimum Gasteiger partial charge on any atom is -0.378 e. The smallest absolute Gasteiger partial charge is 0.320 e. The molecule has 9 nitrogen and oxygen atoms in total. The van der Waals surface area contributed by atoms with Crippen LogP contribution in [0.5, 0.6) is 0 Å². The van der Waals surface area contributed by atoms with E-state index >= 15 is 0 Å². The normalized spacial score (nSPS) is 18.2. The first-order chi connectivity index (χ1) is 18.5. The lowest BCUT2D eigenvalue weighted by Gasteiger charge is -2.36. The summed E-state index contributed by atoms with van der Waals surface area (Å²) >= 11 is 2.90. The molecule has 11 heteroatoms. The van der Waals surface area contributed by atoms with Gasteiger partial charge in [0, 0.05) is 37.5 Å². The van der Waals surface area contributed by atoms with Crippen LogP contribution in [0.15, 0.2) is 46.8 Å². The summed E-state index contributed by atoms with van der Waals surface area (Å²) in [6.45, 7) is 5.04. The zero-order valence-corrected chi connectivity index (χ0v) is 22.9. The van der Waals surface area contributed by atoms with Crippen LogP contribution >= 0.6 is 23.1 Å².